The van der Waals surface area contributed by atoms with E-state index in [1.807, 2.05) is 0 Å². The van der Waals surface area contributed by atoms with Crippen LogP contribution >= 0.6 is 0 Å². The van der Waals surface area contributed by atoms with Gasteiger partial charge >= 0.3 is 0 Å². The summed E-state index contributed by atoms with van der Waals surface area (Å²) in [4.78, 5) is 2.34. The van der Waals surface area contributed by atoms with Crippen LogP contribution in [0.1, 0.15) is 43.7 Å². The number of nitrogens with zero attached hydrogens (tertiary/aromatic N) is 2. The van der Waals surface area contributed by atoms with E-state index in [-0.39, 0.29) is 0 Å². The first-order valence-corrected chi connectivity index (χ1v) is 8.48. The van der Waals surface area contributed by atoms with Gasteiger partial charge in [-0.15, -0.1) is 0 Å². The van der Waals surface area contributed by atoms with Gasteiger partial charge < -0.3 is 20.4 Å². The maximum Gasteiger partial charge on any atom is 0.134 e. The molecule has 0 radical (unpaired) electrons. The Balaban J connectivity index is 2.05. The number of benzene rings is 1. The summed E-state index contributed by atoms with van der Waals surface area (Å²) in [5.74, 6) is 6.69. The van der Waals surface area contributed by atoms with Crippen LogP contribution in [-0.4, -0.2) is 31.3 Å². The molecule has 2 aliphatic rings. The molecule has 1 aromatic rings. The standard InChI is InChI=1S/C18H28N4O/c1-12-7-8-15-17(22(12)3)10-9-14(16(19)11-21(2)20)18(15)23-13-5-4-6-13/h9-13H,4-8,19-20H2,1-3H3/b16-11-. The molecular weight excluding hydrogens is 288 g/mol. The molecule has 4 N–H and O–H groups in total. The molecule has 0 saturated heterocycles. The van der Waals surface area contributed by atoms with E-state index in [0.29, 0.717) is 17.8 Å². The van der Waals surface area contributed by atoms with Crippen LogP contribution in [0.15, 0.2) is 18.3 Å². The summed E-state index contributed by atoms with van der Waals surface area (Å²) in [6.45, 7) is 2.26. The molecule has 5 nitrogen and oxygen atoms in total. The third kappa shape index (κ3) is 3.11. The highest BCUT2D eigenvalue weighted by molar-refractivity contribution is 5.75. The second-order valence-electron chi connectivity index (χ2n) is 6.86. The molecule has 1 aromatic carbocycles. The molecule has 0 bridgehead atoms. The van der Waals surface area contributed by atoms with E-state index in [9.17, 15) is 0 Å². The van der Waals surface area contributed by atoms with Crippen LogP contribution in [0.5, 0.6) is 5.75 Å². The SMILES string of the molecule is CC1CCc2c(ccc(/C(N)=C/N(C)N)c2OC2CCC2)N1C. The van der Waals surface area contributed by atoms with Crippen molar-refractivity contribution in [2.45, 2.75) is 51.2 Å². The molecule has 1 fully saturated rings. The summed E-state index contributed by atoms with van der Waals surface area (Å²) in [5, 5.41) is 1.48. The lowest BCUT2D eigenvalue weighted by atomic mass is 9.92. The second kappa shape index (κ2) is 6.32. The van der Waals surface area contributed by atoms with Gasteiger partial charge in [-0.1, -0.05) is 0 Å². The molecule has 1 unspecified atom stereocenters. The first-order valence-electron chi connectivity index (χ1n) is 8.48. The van der Waals surface area contributed by atoms with Gasteiger partial charge in [-0.2, -0.15) is 0 Å². The molecular formula is C18H28N4O. The molecule has 1 saturated carbocycles. The van der Waals surface area contributed by atoms with Gasteiger partial charge in [0.05, 0.1) is 11.8 Å². The molecule has 1 atom stereocenters. The van der Waals surface area contributed by atoms with Crippen LogP contribution in [0.3, 0.4) is 0 Å². The number of nitrogens with two attached hydrogens (primary N) is 2. The highest BCUT2D eigenvalue weighted by atomic mass is 16.5. The fourth-order valence-electron chi connectivity index (χ4n) is 3.28. The Morgan fingerprint density at radius 1 is 1.35 bits per heavy atom. The lowest BCUT2D eigenvalue weighted by Crippen LogP contribution is -2.34. The summed E-state index contributed by atoms with van der Waals surface area (Å²) in [6, 6.07) is 4.77. The summed E-state index contributed by atoms with van der Waals surface area (Å²) < 4.78 is 6.36. The van der Waals surface area contributed by atoms with E-state index in [0.717, 1.165) is 37.0 Å². The summed E-state index contributed by atoms with van der Waals surface area (Å²) in [7, 11) is 3.93. The minimum absolute atomic E-state index is 0.327. The van der Waals surface area contributed by atoms with E-state index in [1.165, 1.54) is 22.7 Å². The molecule has 23 heavy (non-hydrogen) atoms. The maximum absolute atomic E-state index is 6.36. The zero-order chi connectivity index (χ0) is 16.6. The molecule has 1 aliphatic heterocycles. The van der Waals surface area contributed by atoms with Crippen LogP contribution in [-0.2, 0) is 6.42 Å². The number of hydrazine groups is 1. The number of rotatable bonds is 4. The molecule has 5 heteroatoms. The number of hydrogen-bond donors (Lipinski definition) is 2. The van der Waals surface area contributed by atoms with Crippen LogP contribution in [0.2, 0.25) is 0 Å². The highest BCUT2D eigenvalue weighted by Crippen LogP contribution is 2.41. The van der Waals surface area contributed by atoms with Crippen LogP contribution in [0, 0.1) is 0 Å². The average molecular weight is 316 g/mol. The summed E-state index contributed by atoms with van der Waals surface area (Å²) in [5.41, 5.74) is 10.4. The van der Waals surface area contributed by atoms with Gasteiger partial charge in [0.2, 0.25) is 0 Å². The van der Waals surface area contributed by atoms with Gasteiger partial charge in [0.1, 0.15) is 5.75 Å². The van der Waals surface area contributed by atoms with E-state index in [2.05, 4.69) is 31.0 Å². The Morgan fingerprint density at radius 2 is 2.09 bits per heavy atom. The van der Waals surface area contributed by atoms with Crippen molar-refractivity contribution in [1.29, 1.82) is 0 Å². The lowest BCUT2D eigenvalue weighted by Gasteiger charge is -2.37. The molecule has 0 amide bonds. The Morgan fingerprint density at radius 3 is 2.70 bits per heavy atom. The number of fused-ring (bicyclic) bond motifs is 1. The van der Waals surface area contributed by atoms with Gasteiger partial charge in [0.25, 0.3) is 0 Å². The normalized spacial score (nSPS) is 21.7. The number of hydrogen-bond acceptors (Lipinski definition) is 5. The van der Waals surface area contributed by atoms with Gasteiger partial charge in [0, 0.05) is 43.2 Å². The van der Waals surface area contributed by atoms with Crippen molar-refractivity contribution < 1.29 is 4.74 Å². The number of ether oxygens (including phenoxy) is 1. The Labute approximate surface area is 138 Å². The Kier molecular flexibility index (Phi) is 4.39. The third-order valence-corrected chi connectivity index (χ3v) is 5.08. The zero-order valence-corrected chi connectivity index (χ0v) is 14.4. The van der Waals surface area contributed by atoms with Crippen molar-refractivity contribution in [3.05, 3.63) is 29.5 Å². The van der Waals surface area contributed by atoms with Gasteiger partial charge in [-0.25, -0.2) is 5.84 Å². The van der Waals surface area contributed by atoms with Crippen molar-refractivity contribution in [3.63, 3.8) is 0 Å². The Bertz CT molecular complexity index is 607. The van der Waals surface area contributed by atoms with E-state index in [4.69, 9.17) is 16.3 Å². The van der Waals surface area contributed by atoms with E-state index < -0.39 is 0 Å². The predicted octanol–water partition coefficient (Wildman–Crippen LogP) is 2.45. The average Bonchev–Trinajstić information content (AvgIpc) is 2.45. The van der Waals surface area contributed by atoms with Gasteiger partial charge in [-0.3, -0.25) is 0 Å². The largest absolute Gasteiger partial charge is 0.489 e. The quantitative estimate of drug-likeness (QED) is 0.660. The Hall–Kier alpha value is -1.88. The predicted molar refractivity (Wildman–Crippen MR) is 95.0 cm³/mol. The minimum Gasteiger partial charge on any atom is -0.489 e. The lowest BCUT2D eigenvalue weighted by molar-refractivity contribution is 0.118. The molecule has 1 aliphatic carbocycles. The first-order chi connectivity index (χ1) is 11.0. The van der Waals surface area contributed by atoms with Gasteiger partial charge in [0.15, 0.2) is 0 Å². The zero-order valence-electron chi connectivity index (χ0n) is 14.4. The third-order valence-electron chi connectivity index (χ3n) is 5.08. The second-order valence-corrected chi connectivity index (χ2v) is 6.86. The van der Waals surface area contributed by atoms with E-state index >= 15 is 0 Å². The fourth-order valence-corrected chi connectivity index (χ4v) is 3.28. The van der Waals surface area contributed by atoms with Crippen molar-refractivity contribution in [2.75, 3.05) is 19.0 Å². The van der Waals surface area contributed by atoms with Crippen LogP contribution in [0.25, 0.3) is 5.70 Å². The van der Waals surface area contributed by atoms with Crippen molar-refractivity contribution in [1.82, 2.24) is 5.01 Å². The summed E-state index contributed by atoms with van der Waals surface area (Å²) >= 11 is 0. The molecule has 0 aromatic heterocycles. The van der Waals surface area contributed by atoms with Crippen molar-refractivity contribution in [2.24, 2.45) is 11.6 Å². The highest BCUT2D eigenvalue weighted by Gasteiger charge is 2.28. The summed E-state index contributed by atoms with van der Waals surface area (Å²) in [6.07, 6.45) is 7.75. The van der Waals surface area contributed by atoms with Crippen molar-refractivity contribution in [3.8, 4) is 5.75 Å². The van der Waals surface area contributed by atoms with Crippen LogP contribution < -0.4 is 21.2 Å². The van der Waals surface area contributed by atoms with Crippen molar-refractivity contribution >= 4 is 11.4 Å². The van der Waals surface area contributed by atoms with E-state index in [1.54, 1.807) is 13.2 Å². The molecule has 0 spiro atoms. The monoisotopic (exact) mass is 316 g/mol. The minimum atomic E-state index is 0.327. The molecule has 126 valence electrons. The maximum atomic E-state index is 6.36. The fraction of sp³-hybridized carbons (Fsp3) is 0.556. The van der Waals surface area contributed by atoms with Gasteiger partial charge in [-0.05, 0) is 51.2 Å². The molecule has 1 heterocycles. The first kappa shape index (κ1) is 16.0. The topological polar surface area (TPSA) is 67.8 Å². The molecule has 3 rings (SSSR count). The smallest absolute Gasteiger partial charge is 0.134 e. The number of anilines is 1. The van der Waals surface area contributed by atoms with Crippen LogP contribution in [0.4, 0.5) is 5.69 Å².